The Labute approximate surface area is 458 Å². The van der Waals surface area contributed by atoms with Gasteiger partial charge >= 0.3 is 0 Å². The standard InChI is InChI=1S/C17H21N3O3S.C16H21NO3S.C9H17NS.C7H6O4.C3H5ClO.ClH.H2O/c1-11-10-24-17(19-13-5-3-2-4-6-13)20(11)18-9-12-7-14(21)16(23)15(22)8-12;18-14-7-12(8-15(19)16(14)20)9-17-10-13(21)6-11-4-2-1-3-5-11;10-7-9(11)6-8-4-2-1-3-5-8;8-3-4-1-5(9)7(11)6(10)2-4;1-3(5)2-4;;/h7-10,13,21-23H,2-6H2,1H3;7-9,11,18-20H,1-6,10H2;8H,1-7,10H2;1-3,9-11H;2H2,1H3;1H;1H2/b18-9+,19-17?;;;;;;. The Morgan fingerprint density at radius 1 is 0.676 bits per heavy atom. The van der Waals surface area contributed by atoms with Crippen molar-refractivity contribution >= 4 is 94.0 Å². The Balaban J connectivity index is 0.000000497. The average molecular weight is 1130 g/mol. The van der Waals surface area contributed by atoms with Crippen molar-refractivity contribution < 1.29 is 61.0 Å². The van der Waals surface area contributed by atoms with Crippen LogP contribution in [0, 0.1) is 18.8 Å². The van der Waals surface area contributed by atoms with Crippen LogP contribution in [0.1, 0.15) is 143 Å². The van der Waals surface area contributed by atoms with Gasteiger partial charge in [-0.2, -0.15) is 5.10 Å². The van der Waals surface area contributed by atoms with Crippen molar-refractivity contribution in [2.24, 2.45) is 32.7 Å². The largest absolute Gasteiger partial charge is 0.504 e. The molecule has 74 heavy (non-hydrogen) atoms. The van der Waals surface area contributed by atoms with Crippen LogP contribution in [0.2, 0.25) is 0 Å². The molecule has 13 N–H and O–H groups in total. The van der Waals surface area contributed by atoms with Gasteiger partial charge in [0.05, 0.1) is 30.4 Å². The number of rotatable bonds is 13. The second-order valence-corrected chi connectivity index (χ2v) is 20.2. The van der Waals surface area contributed by atoms with Gasteiger partial charge in [-0.25, -0.2) is 4.68 Å². The molecule has 3 saturated carbocycles. The maximum Gasteiger partial charge on any atom is 0.206 e. The zero-order chi connectivity index (χ0) is 53.2. The molecule has 7 rings (SSSR count). The molecule has 3 aromatic carbocycles. The number of Topliss-reactive ketones (excluding diaryl/α,β-unsaturated/α-hetero) is 1. The lowest BCUT2D eigenvalue weighted by Gasteiger charge is -2.21. The highest BCUT2D eigenvalue weighted by Gasteiger charge is 2.17. The third kappa shape index (κ3) is 24.3. The van der Waals surface area contributed by atoms with Crippen LogP contribution >= 0.6 is 59.8 Å². The molecule has 0 aliphatic heterocycles. The van der Waals surface area contributed by atoms with Crippen molar-refractivity contribution in [2.75, 3.05) is 19.0 Å². The number of aliphatic imine (C=N–C) groups is 1. The Morgan fingerprint density at radius 3 is 1.45 bits per heavy atom. The first-order valence-electron chi connectivity index (χ1n) is 24.1. The van der Waals surface area contributed by atoms with Crippen molar-refractivity contribution in [1.82, 2.24) is 4.68 Å². The Hall–Kier alpha value is -5.35. The molecule has 0 bridgehead atoms. The Bertz CT molecular complexity index is 2450. The summed E-state index contributed by atoms with van der Waals surface area (Å²) in [6, 6.07) is 7.87. The number of aldehydes is 1. The van der Waals surface area contributed by atoms with Crippen LogP contribution in [0.3, 0.4) is 0 Å². The molecule has 0 amide bonds. The summed E-state index contributed by atoms with van der Waals surface area (Å²) in [6.07, 6.45) is 25.1. The lowest BCUT2D eigenvalue weighted by molar-refractivity contribution is -0.114. The smallest absolute Gasteiger partial charge is 0.206 e. The zero-order valence-corrected chi connectivity index (χ0v) is 45.9. The predicted molar refractivity (Wildman–Crippen MR) is 304 cm³/mol. The molecule has 410 valence electrons. The van der Waals surface area contributed by atoms with Crippen molar-refractivity contribution in [2.45, 2.75) is 129 Å². The first kappa shape index (κ1) is 66.7. The number of nitrogens with zero attached hydrogens (tertiary/aromatic N) is 4. The van der Waals surface area contributed by atoms with Crippen LogP contribution in [0.25, 0.3) is 0 Å². The van der Waals surface area contributed by atoms with Crippen LogP contribution in [-0.4, -0.2) is 115 Å². The molecular weight excluding hydrogens is 1050 g/mol. The molecule has 1 heterocycles. The first-order valence-corrected chi connectivity index (χ1v) is 26.3. The summed E-state index contributed by atoms with van der Waals surface area (Å²) in [6.45, 7) is 4.49. The number of hydrogen-bond donors (Lipinski definition) is 10. The highest BCUT2D eigenvalue weighted by atomic mass is 35.5. The van der Waals surface area contributed by atoms with Gasteiger partial charge in [0.15, 0.2) is 51.7 Å². The quantitative estimate of drug-likeness (QED) is 0.0196. The average Bonchev–Trinajstić information content (AvgIpc) is 3.72. The van der Waals surface area contributed by atoms with Crippen molar-refractivity contribution in [3.63, 3.8) is 0 Å². The number of aromatic nitrogens is 1. The number of ketones is 1. The van der Waals surface area contributed by atoms with Gasteiger partial charge in [-0.3, -0.25) is 19.6 Å². The lowest BCUT2D eigenvalue weighted by atomic mass is 9.86. The molecule has 0 saturated heterocycles. The van der Waals surface area contributed by atoms with E-state index in [2.05, 4.69) is 10.1 Å². The number of aryl methyl sites for hydroxylation is 1. The van der Waals surface area contributed by atoms with E-state index in [0.29, 0.717) is 42.5 Å². The monoisotopic (exact) mass is 1130 g/mol. The highest BCUT2D eigenvalue weighted by molar-refractivity contribution is 7.80. The molecule has 3 fully saturated rings. The molecular formula is C52H73Cl2N5O12S3. The van der Waals surface area contributed by atoms with Gasteiger partial charge in [-0.05, 0) is 93.3 Å². The van der Waals surface area contributed by atoms with E-state index in [-0.39, 0.29) is 58.1 Å². The number of nitrogens with two attached hydrogens (primary N) is 1. The molecule has 0 spiro atoms. The first-order chi connectivity index (χ1) is 34.3. The van der Waals surface area contributed by atoms with Crippen LogP contribution in [-0.2, 0) is 4.79 Å². The number of halogens is 2. The van der Waals surface area contributed by atoms with Crippen LogP contribution in [0.4, 0.5) is 0 Å². The summed E-state index contributed by atoms with van der Waals surface area (Å²) in [7, 11) is 0. The van der Waals surface area contributed by atoms with Crippen LogP contribution < -0.4 is 10.5 Å². The molecule has 22 heteroatoms. The number of phenolic OH excluding ortho intramolecular Hbond substituents is 9. The number of benzene rings is 3. The maximum absolute atomic E-state index is 10.1. The normalized spacial score (nSPS) is 15.1. The molecule has 0 atom stereocenters. The number of aromatic hydroxyl groups is 9. The molecule has 17 nitrogen and oxygen atoms in total. The number of phenols is 9. The number of alkyl halides is 1. The van der Waals surface area contributed by atoms with Crippen LogP contribution in [0.15, 0.2) is 56.9 Å². The van der Waals surface area contributed by atoms with E-state index >= 15 is 0 Å². The minimum absolute atomic E-state index is 0. The van der Waals surface area contributed by atoms with Crippen molar-refractivity contribution in [3.05, 3.63) is 69.0 Å². The van der Waals surface area contributed by atoms with E-state index in [4.69, 9.17) is 62.1 Å². The van der Waals surface area contributed by atoms with Gasteiger partial charge < -0.3 is 57.2 Å². The fourth-order valence-electron chi connectivity index (χ4n) is 8.03. The number of thiocarbonyl (C=S) groups is 2. The van der Waals surface area contributed by atoms with Gasteiger partial charge in [0.25, 0.3) is 0 Å². The third-order valence-electron chi connectivity index (χ3n) is 11.9. The fourth-order valence-corrected chi connectivity index (χ4v) is 9.45. The summed E-state index contributed by atoms with van der Waals surface area (Å²) in [5, 5.41) is 89.5. The summed E-state index contributed by atoms with van der Waals surface area (Å²) in [5.74, 6) is -2.42. The second-order valence-electron chi connectivity index (χ2n) is 18.0. The van der Waals surface area contributed by atoms with Gasteiger partial charge in [0, 0.05) is 39.0 Å². The minimum atomic E-state index is -0.615. The third-order valence-corrected chi connectivity index (χ3v) is 13.8. The molecule has 3 aliphatic rings. The van der Waals surface area contributed by atoms with E-state index in [9.17, 15) is 40.2 Å². The number of thiazole rings is 1. The summed E-state index contributed by atoms with van der Waals surface area (Å²) in [4.78, 5) is 31.7. The maximum atomic E-state index is 10.1. The second kappa shape index (κ2) is 35.8. The SMILES string of the molecule is CC(=O)CCl.Cc1csc(=NC2CCCCC2)n1/N=C/c1cc(O)c(O)c(O)c1.Cl.NCC(=S)CC1CCCCC1.O.O=Cc1cc(O)c(O)c(O)c1.Oc1cc(C=NCC(=S)CC2CCCCC2)cc(O)c1O. The Kier molecular flexibility index (Phi) is 32.2. The van der Waals surface area contributed by atoms with E-state index in [1.807, 2.05) is 12.3 Å². The Morgan fingerprint density at radius 2 is 1.05 bits per heavy atom. The summed E-state index contributed by atoms with van der Waals surface area (Å²) < 4.78 is 1.76. The van der Waals surface area contributed by atoms with E-state index in [0.717, 1.165) is 64.0 Å². The molecule has 0 unspecified atom stereocenters. The molecule has 0 radical (unpaired) electrons. The number of hydrogen-bond acceptors (Lipinski definition) is 18. The van der Waals surface area contributed by atoms with Crippen LogP contribution in [0.5, 0.6) is 51.7 Å². The molecule has 4 aromatic rings. The van der Waals surface area contributed by atoms with Crippen molar-refractivity contribution in [3.8, 4) is 51.7 Å². The zero-order valence-electron chi connectivity index (χ0n) is 41.9. The fraction of sp³-hybridized carbons (Fsp3) is 0.481. The molecule has 3 aliphatic carbocycles. The number of carbonyl (C=O) groups excluding carboxylic acids is 2. The topological polar surface area (TPSA) is 316 Å². The van der Waals surface area contributed by atoms with Gasteiger partial charge in [0.2, 0.25) is 4.80 Å². The summed E-state index contributed by atoms with van der Waals surface area (Å²) >= 11 is 17.0. The van der Waals surface area contributed by atoms with Gasteiger partial charge in [-0.1, -0.05) is 108 Å². The van der Waals surface area contributed by atoms with Crippen molar-refractivity contribution in [1.29, 1.82) is 0 Å². The van der Waals surface area contributed by atoms with Gasteiger partial charge in [0.1, 0.15) is 12.1 Å². The predicted octanol–water partition coefficient (Wildman–Crippen LogP) is 9.97. The lowest BCUT2D eigenvalue weighted by Crippen LogP contribution is -2.19. The minimum Gasteiger partial charge on any atom is -0.504 e. The molecule has 1 aromatic heterocycles. The van der Waals surface area contributed by atoms with Gasteiger partial charge in [-0.15, -0.1) is 35.3 Å². The van der Waals surface area contributed by atoms with E-state index in [1.165, 1.54) is 121 Å². The van der Waals surface area contributed by atoms with E-state index < -0.39 is 28.7 Å². The summed E-state index contributed by atoms with van der Waals surface area (Å²) in [5.41, 5.74) is 7.55. The highest BCUT2D eigenvalue weighted by Crippen LogP contribution is 2.37. The van der Waals surface area contributed by atoms with E-state index in [1.54, 1.807) is 22.2 Å². The number of carbonyl (C=O) groups is 2.